The van der Waals surface area contributed by atoms with Crippen LogP contribution in [0.5, 0.6) is 0 Å². The molecule has 3 heterocycles. The predicted octanol–water partition coefficient (Wildman–Crippen LogP) is 3.04. The number of alkyl halides is 3. The zero-order chi connectivity index (χ0) is 21.5. The molecule has 156 valence electrons. The lowest BCUT2D eigenvalue weighted by Crippen LogP contribution is -2.26. The first-order valence-corrected chi connectivity index (χ1v) is 8.82. The summed E-state index contributed by atoms with van der Waals surface area (Å²) in [5.41, 5.74) is -0.513. The van der Waals surface area contributed by atoms with Gasteiger partial charge in [-0.25, -0.2) is 28.7 Å². The van der Waals surface area contributed by atoms with Gasteiger partial charge in [0.05, 0.1) is 16.6 Å². The summed E-state index contributed by atoms with van der Waals surface area (Å²) in [5, 5.41) is 12.3. The Labute approximate surface area is 166 Å². The number of rotatable bonds is 5. The van der Waals surface area contributed by atoms with Crippen LogP contribution in [0.25, 0.3) is 16.7 Å². The molecule has 0 aliphatic heterocycles. The number of hydrogen-bond donors (Lipinski definition) is 3. The maximum atomic E-state index is 13.6. The normalized spacial score (nSPS) is 13.0. The van der Waals surface area contributed by atoms with Crippen molar-refractivity contribution < 1.29 is 17.6 Å². The van der Waals surface area contributed by atoms with Gasteiger partial charge in [0.1, 0.15) is 11.6 Å². The van der Waals surface area contributed by atoms with Gasteiger partial charge in [0, 0.05) is 24.8 Å². The van der Waals surface area contributed by atoms with Crippen molar-refractivity contribution in [1.82, 2.24) is 24.6 Å². The van der Waals surface area contributed by atoms with Crippen LogP contribution in [0.4, 0.5) is 29.2 Å². The molecule has 30 heavy (non-hydrogen) atoms. The van der Waals surface area contributed by atoms with Gasteiger partial charge in [-0.15, -0.1) is 5.10 Å². The Hall–Kier alpha value is -3.70. The van der Waals surface area contributed by atoms with Gasteiger partial charge in [0.15, 0.2) is 5.82 Å². The van der Waals surface area contributed by atoms with Crippen molar-refractivity contribution in [1.29, 1.82) is 0 Å². The second kappa shape index (κ2) is 7.28. The number of pyridine rings is 1. The standard InChI is InChI=1S/C18H15F4N7O/c1-9(25-14-5-2-10(8-23-14)18(20,21)22)7-24-15-16-27-28-17(30)29(16)13-6-11(19)3-4-12(13)26-15/h2-6,8-9H,7H2,1H3,(H,23,25)(H,24,26)(H,28,30). The average molecular weight is 421 g/mol. The van der Waals surface area contributed by atoms with Crippen molar-refractivity contribution in [3.05, 3.63) is 58.4 Å². The monoisotopic (exact) mass is 421 g/mol. The molecule has 4 rings (SSSR count). The van der Waals surface area contributed by atoms with Crippen molar-refractivity contribution in [3.8, 4) is 0 Å². The second-order valence-electron chi connectivity index (χ2n) is 6.64. The van der Waals surface area contributed by atoms with E-state index < -0.39 is 23.2 Å². The van der Waals surface area contributed by atoms with E-state index in [1.165, 1.54) is 28.7 Å². The van der Waals surface area contributed by atoms with Gasteiger partial charge >= 0.3 is 11.9 Å². The lowest BCUT2D eigenvalue weighted by molar-refractivity contribution is -0.137. The Balaban J connectivity index is 1.53. The summed E-state index contributed by atoms with van der Waals surface area (Å²) in [5.74, 6) is 0.0585. The molecule has 1 atom stereocenters. The van der Waals surface area contributed by atoms with Crippen LogP contribution in [0.3, 0.4) is 0 Å². The predicted molar refractivity (Wildman–Crippen MR) is 102 cm³/mol. The fourth-order valence-corrected chi connectivity index (χ4v) is 2.94. The summed E-state index contributed by atoms with van der Waals surface area (Å²) >= 11 is 0. The Morgan fingerprint density at radius 1 is 1.23 bits per heavy atom. The maximum Gasteiger partial charge on any atom is 0.417 e. The number of aromatic amines is 1. The molecule has 0 radical (unpaired) electrons. The fourth-order valence-electron chi connectivity index (χ4n) is 2.94. The van der Waals surface area contributed by atoms with Gasteiger partial charge < -0.3 is 10.6 Å². The van der Waals surface area contributed by atoms with E-state index in [9.17, 15) is 22.4 Å². The number of anilines is 2. The Morgan fingerprint density at radius 2 is 2.03 bits per heavy atom. The molecule has 1 unspecified atom stereocenters. The summed E-state index contributed by atoms with van der Waals surface area (Å²) in [7, 11) is 0. The van der Waals surface area contributed by atoms with Crippen molar-refractivity contribution in [2.24, 2.45) is 0 Å². The molecule has 0 aliphatic carbocycles. The van der Waals surface area contributed by atoms with Crippen LogP contribution in [-0.2, 0) is 6.18 Å². The third-order valence-electron chi connectivity index (χ3n) is 4.36. The number of aromatic nitrogens is 5. The molecule has 0 fully saturated rings. The summed E-state index contributed by atoms with van der Waals surface area (Å²) in [6.45, 7) is 2.08. The second-order valence-corrected chi connectivity index (χ2v) is 6.64. The van der Waals surface area contributed by atoms with Gasteiger partial charge in [-0.2, -0.15) is 13.2 Å². The number of nitrogens with one attached hydrogen (secondary N) is 3. The highest BCUT2D eigenvalue weighted by molar-refractivity contribution is 5.82. The molecule has 0 spiro atoms. The molecular weight excluding hydrogens is 406 g/mol. The van der Waals surface area contributed by atoms with Crippen LogP contribution in [0, 0.1) is 5.82 Å². The van der Waals surface area contributed by atoms with Crippen molar-refractivity contribution in [2.45, 2.75) is 19.1 Å². The first kappa shape index (κ1) is 19.6. The molecule has 8 nitrogen and oxygen atoms in total. The molecule has 0 aliphatic rings. The number of benzene rings is 1. The number of halogens is 4. The zero-order valence-corrected chi connectivity index (χ0v) is 15.5. The van der Waals surface area contributed by atoms with Gasteiger partial charge in [-0.3, -0.25) is 0 Å². The summed E-state index contributed by atoms with van der Waals surface area (Å²) in [6.07, 6.45) is -3.69. The van der Waals surface area contributed by atoms with Crippen LogP contribution >= 0.6 is 0 Å². The van der Waals surface area contributed by atoms with Gasteiger partial charge in [0.25, 0.3) is 0 Å². The third-order valence-corrected chi connectivity index (χ3v) is 4.36. The molecule has 0 saturated heterocycles. The number of nitrogens with zero attached hydrogens (tertiary/aromatic N) is 4. The molecule has 4 aromatic rings. The van der Waals surface area contributed by atoms with Crippen LogP contribution in [0.2, 0.25) is 0 Å². The van der Waals surface area contributed by atoms with Crippen molar-refractivity contribution in [2.75, 3.05) is 17.2 Å². The molecule has 3 aromatic heterocycles. The van der Waals surface area contributed by atoms with E-state index in [4.69, 9.17) is 0 Å². The topological polar surface area (TPSA) is 100 Å². The van der Waals surface area contributed by atoms with Crippen LogP contribution < -0.4 is 16.3 Å². The van der Waals surface area contributed by atoms with Crippen LogP contribution in [0.15, 0.2) is 41.3 Å². The van der Waals surface area contributed by atoms with Crippen molar-refractivity contribution >= 4 is 28.3 Å². The Morgan fingerprint density at radius 3 is 2.73 bits per heavy atom. The molecule has 0 saturated carbocycles. The first-order chi connectivity index (χ1) is 14.2. The minimum absolute atomic E-state index is 0.193. The smallest absolute Gasteiger partial charge is 0.366 e. The number of H-pyrrole nitrogens is 1. The molecule has 0 amide bonds. The maximum absolute atomic E-state index is 13.6. The minimum Gasteiger partial charge on any atom is -0.366 e. The van der Waals surface area contributed by atoms with E-state index in [1.807, 2.05) is 0 Å². The lowest BCUT2D eigenvalue weighted by atomic mass is 10.2. The van der Waals surface area contributed by atoms with E-state index in [0.717, 1.165) is 12.3 Å². The highest BCUT2D eigenvalue weighted by atomic mass is 19.4. The number of hydrogen-bond acceptors (Lipinski definition) is 6. The van der Waals surface area contributed by atoms with Gasteiger partial charge in [0.2, 0.25) is 5.65 Å². The molecule has 12 heteroatoms. The molecular formula is C18H15F4N7O. The Kier molecular flexibility index (Phi) is 4.76. The van der Waals surface area contributed by atoms with E-state index in [0.29, 0.717) is 17.9 Å². The minimum atomic E-state index is -4.45. The van der Waals surface area contributed by atoms with Gasteiger partial charge in [-0.1, -0.05) is 0 Å². The lowest BCUT2D eigenvalue weighted by Gasteiger charge is -2.16. The molecule has 0 bridgehead atoms. The highest BCUT2D eigenvalue weighted by Gasteiger charge is 2.30. The fraction of sp³-hybridized carbons (Fsp3) is 0.222. The van der Waals surface area contributed by atoms with E-state index >= 15 is 0 Å². The average Bonchev–Trinajstić information content (AvgIpc) is 3.08. The third kappa shape index (κ3) is 3.75. The molecule has 3 N–H and O–H groups in total. The van der Waals surface area contributed by atoms with Crippen molar-refractivity contribution in [3.63, 3.8) is 0 Å². The summed E-state index contributed by atoms with van der Waals surface area (Å²) in [4.78, 5) is 20.3. The number of fused-ring (bicyclic) bond motifs is 3. The summed E-state index contributed by atoms with van der Waals surface area (Å²) < 4.78 is 52.7. The molecule has 1 aromatic carbocycles. The van der Waals surface area contributed by atoms with Crippen LogP contribution in [0.1, 0.15) is 12.5 Å². The van der Waals surface area contributed by atoms with E-state index in [2.05, 4.69) is 30.8 Å². The van der Waals surface area contributed by atoms with E-state index in [-0.39, 0.29) is 23.0 Å². The van der Waals surface area contributed by atoms with Gasteiger partial charge in [-0.05, 0) is 31.2 Å². The van der Waals surface area contributed by atoms with Crippen LogP contribution in [-0.4, -0.2) is 37.2 Å². The largest absolute Gasteiger partial charge is 0.417 e. The first-order valence-electron chi connectivity index (χ1n) is 8.82. The highest BCUT2D eigenvalue weighted by Crippen LogP contribution is 2.29. The quantitative estimate of drug-likeness (QED) is 0.429. The zero-order valence-electron chi connectivity index (χ0n) is 15.5. The SMILES string of the molecule is CC(CNc1nc2ccc(F)cc2n2c(=O)[nH]nc12)Nc1ccc(C(F)(F)F)cn1. The summed E-state index contributed by atoms with van der Waals surface area (Å²) in [6, 6.07) is 5.80. The Bertz CT molecular complexity index is 1260. The van der Waals surface area contributed by atoms with E-state index in [1.54, 1.807) is 6.92 Å².